The molecule has 138 valence electrons. The smallest absolute Gasteiger partial charge is 0.336 e. The number of fused-ring (bicyclic) bond motifs is 1. The van der Waals surface area contributed by atoms with Crippen LogP contribution < -0.4 is 16.3 Å². The van der Waals surface area contributed by atoms with Crippen LogP contribution >= 0.6 is 0 Å². The molecule has 1 aliphatic heterocycles. The molecule has 2 heterocycles. The number of carbonyl (C=O) groups excluding carboxylic acids is 2. The summed E-state index contributed by atoms with van der Waals surface area (Å²) in [4.78, 5) is 38.1. The number of nitrogens with zero attached hydrogens (tertiary/aromatic N) is 1. The summed E-state index contributed by atoms with van der Waals surface area (Å²) in [6.07, 6.45) is 0.0972. The van der Waals surface area contributed by atoms with E-state index in [1.54, 1.807) is 12.1 Å². The Hall–Kier alpha value is -2.67. The Kier molecular flexibility index (Phi) is 5.08. The van der Waals surface area contributed by atoms with Gasteiger partial charge in [-0.1, -0.05) is 6.92 Å². The lowest BCUT2D eigenvalue weighted by molar-refractivity contribution is -0.132. The average molecular weight is 357 g/mol. The summed E-state index contributed by atoms with van der Waals surface area (Å²) in [6, 6.07) is 4.52. The normalized spacial score (nSPS) is 18.0. The van der Waals surface area contributed by atoms with Gasteiger partial charge in [0, 0.05) is 30.2 Å². The van der Waals surface area contributed by atoms with Gasteiger partial charge in [-0.3, -0.25) is 14.5 Å². The molecule has 7 nitrogen and oxygen atoms in total. The van der Waals surface area contributed by atoms with Gasteiger partial charge in [0.15, 0.2) is 0 Å². The molecule has 1 aromatic heterocycles. The van der Waals surface area contributed by atoms with Crippen molar-refractivity contribution in [1.82, 2.24) is 10.2 Å². The Labute approximate surface area is 151 Å². The van der Waals surface area contributed by atoms with E-state index in [0.717, 1.165) is 29.6 Å². The lowest BCUT2D eigenvalue weighted by atomic mass is 10.1. The van der Waals surface area contributed by atoms with Crippen molar-refractivity contribution in [3.05, 3.63) is 39.7 Å². The van der Waals surface area contributed by atoms with Crippen molar-refractivity contribution in [2.45, 2.75) is 33.2 Å². The van der Waals surface area contributed by atoms with Crippen LogP contribution in [0, 0.1) is 13.8 Å². The van der Waals surface area contributed by atoms with Crippen LogP contribution in [0.1, 0.15) is 24.5 Å². The maximum Gasteiger partial charge on any atom is 0.336 e. The highest BCUT2D eigenvalue weighted by molar-refractivity contribution is 5.98. The molecule has 0 aliphatic carbocycles. The van der Waals surface area contributed by atoms with E-state index in [1.807, 2.05) is 25.7 Å². The van der Waals surface area contributed by atoms with Crippen molar-refractivity contribution in [3.63, 3.8) is 0 Å². The zero-order chi connectivity index (χ0) is 18.8. The fraction of sp³-hybridized carbons (Fsp3) is 0.421. The summed E-state index contributed by atoms with van der Waals surface area (Å²) < 4.78 is 5.22. The first kappa shape index (κ1) is 18.1. The number of benzene rings is 1. The van der Waals surface area contributed by atoms with Gasteiger partial charge in [0.2, 0.25) is 11.8 Å². The van der Waals surface area contributed by atoms with Crippen LogP contribution in [0.15, 0.2) is 27.4 Å². The van der Waals surface area contributed by atoms with Crippen LogP contribution in [-0.2, 0) is 9.59 Å². The van der Waals surface area contributed by atoms with Gasteiger partial charge in [0.05, 0.1) is 12.5 Å². The summed E-state index contributed by atoms with van der Waals surface area (Å²) in [5.74, 6) is -0.330. The number of hydrogen-bond donors (Lipinski definition) is 2. The quantitative estimate of drug-likeness (QED) is 0.810. The van der Waals surface area contributed by atoms with E-state index in [9.17, 15) is 14.4 Å². The molecule has 26 heavy (non-hydrogen) atoms. The predicted molar refractivity (Wildman–Crippen MR) is 99.2 cm³/mol. The third-order valence-corrected chi connectivity index (χ3v) is 4.80. The van der Waals surface area contributed by atoms with Crippen molar-refractivity contribution in [2.24, 2.45) is 0 Å². The summed E-state index contributed by atoms with van der Waals surface area (Å²) in [5.41, 5.74) is 2.33. The van der Waals surface area contributed by atoms with Gasteiger partial charge in [-0.2, -0.15) is 0 Å². The number of carbonyl (C=O) groups is 2. The number of anilines is 1. The standard InChI is InChI=1S/C19H23N3O4/c1-4-22-6-5-20-19(25)15(22)10-17(23)21-14-9-13-11(2)8-18(24)26-16(13)7-12(14)3/h7-9,15H,4-6,10H2,1-3H3,(H,20,25)(H,21,23)/t15-/m1/s1. The van der Waals surface area contributed by atoms with Crippen LogP contribution in [0.25, 0.3) is 11.0 Å². The highest BCUT2D eigenvalue weighted by Crippen LogP contribution is 2.25. The Morgan fingerprint density at radius 1 is 1.27 bits per heavy atom. The second kappa shape index (κ2) is 7.29. The van der Waals surface area contributed by atoms with Crippen LogP contribution in [0.5, 0.6) is 0 Å². The molecule has 0 radical (unpaired) electrons. The van der Waals surface area contributed by atoms with Gasteiger partial charge in [0.1, 0.15) is 5.58 Å². The Balaban J connectivity index is 1.81. The van der Waals surface area contributed by atoms with E-state index in [2.05, 4.69) is 10.6 Å². The molecule has 3 rings (SSSR count). The van der Waals surface area contributed by atoms with Crippen molar-refractivity contribution in [3.8, 4) is 0 Å². The van der Waals surface area contributed by atoms with Gasteiger partial charge >= 0.3 is 5.63 Å². The van der Waals surface area contributed by atoms with E-state index in [0.29, 0.717) is 17.8 Å². The Bertz CT molecular complexity index is 919. The summed E-state index contributed by atoms with van der Waals surface area (Å²) >= 11 is 0. The molecule has 7 heteroatoms. The monoisotopic (exact) mass is 357 g/mol. The van der Waals surface area contributed by atoms with Crippen LogP contribution in [-0.4, -0.2) is 42.4 Å². The molecule has 2 amide bonds. The molecule has 1 aliphatic rings. The average Bonchev–Trinajstić information content (AvgIpc) is 2.58. The van der Waals surface area contributed by atoms with E-state index >= 15 is 0 Å². The van der Waals surface area contributed by atoms with Gasteiger partial charge in [-0.15, -0.1) is 0 Å². The molecular formula is C19H23N3O4. The lowest BCUT2D eigenvalue weighted by Gasteiger charge is -2.33. The maximum absolute atomic E-state index is 12.5. The highest BCUT2D eigenvalue weighted by atomic mass is 16.4. The minimum absolute atomic E-state index is 0.0972. The van der Waals surface area contributed by atoms with Gasteiger partial charge in [-0.05, 0) is 43.7 Å². The molecular weight excluding hydrogens is 334 g/mol. The molecule has 2 N–H and O–H groups in total. The third-order valence-electron chi connectivity index (χ3n) is 4.80. The van der Waals surface area contributed by atoms with Crippen molar-refractivity contribution in [1.29, 1.82) is 0 Å². The molecule has 1 fully saturated rings. The predicted octanol–water partition coefficient (Wildman–Crippen LogP) is 1.56. The molecule has 1 saturated heterocycles. The number of likely N-dealkylation sites (N-methyl/N-ethyl adjacent to an activating group) is 1. The molecule has 1 atom stereocenters. The number of aryl methyl sites for hydroxylation is 2. The number of rotatable bonds is 4. The topological polar surface area (TPSA) is 91.7 Å². The number of nitrogens with one attached hydrogen (secondary N) is 2. The second-order valence-corrected chi connectivity index (χ2v) is 6.60. The highest BCUT2D eigenvalue weighted by Gasteiger charge is 2.30. The number of hydrogen-bond acceptors (Lipinski definition) is 5. The molecule has 0 unspecified atom stereocenters. The number of amides is 2. The first-order valence-corrected chi connectivity index (χ1v) is 8.75. The van der Waals surface area contributed by atoms with Gasteiger partial charge < -0.3 is 15.1 Å². The first-order chi connectivity index (χ1) is 12.4. The zero-order valence-electron chi connectivity index (χ0n) is 15.2. The minimum Gasteiger partial charge on any atom is -0.423 e. The molecule has 0 bridgehead atoms. The van der Waals surface area contributed by atoms with E-state index in [4.69, 9.17) is 4.42 Å². The first-order valence-electron chi connectivity index (χ1n) is 8.75. The summed E-state index contributed by atoms with van der Waals surface area (Å²) in [5, 5.41) is 6.48. The summed E-state index contributed by atoms with van der Waals surface area (Å²) in [7, 11) is 0. The third kappa shape index (κ3) is 3.62. The summed E-state index contributed by atoms with van der Waals surface area (Å²) in [6.45, 7) is 7.72. The number of piperazine rings is 1. The lowest BCUT2D eigenvalue weighted by Crippen LogP contribution is -2.56. The van der Waals surface area contributed by atoms with Crippen LogP contribution in [0.2, 0.25) is 0 Å². The molecule has 0 spiro atoms. The maximum atomic E-state index is 12.5. The Morgan fingerprint density at radius 2 is 2.04 bits per heavy atom. The second-order valence-electron chi connectivity index (χ2n) is 6.60. The minimum atomic E-state index is -0.450. The van der Waals surface area contributed by atoms with Crippen LogP contribution in [0.4, 0.5) is 5.69 Å². The SMILES string of the molecule is CCN1CCNC(=O)[C@H]1CC(=O)Nc1cc2c(C)cc(=O)oc2cc1C. The van der Waals surface area contributed by atoms with Crippen molar-refractivity contribution >= 4 is 28.5 Å². The van der Waals surface area contributed by atoms with Gasteiger partial charge in [-0.25, -0.2) is 4.79 Å². The van der Waals surface area contributed by atoms with E-state index in [-0.39, 0.29) is 18.2 Å². The van der Waals surface area contributed by atoms with Gasteiger partial charge in [0.25, 0.3) is 0 Å². The molecule has 1 aromatic carbocycles. The fourth-order valence-electron chi connectivity index (χ4n) is 3.34. The van der Waals surface area contributed by atoms with Crippen molar-refractivity contribution in [2.75, 3.05) is 25.0 Å². The largest absolute Gasteiger partial charge is 0.423 e. The van der Waals surface area contributed by atoms with Crippen LogP contribution in [0.3, 0.4) is 0 Å². The van der Waals surface area contributed by atoms with E-state index < -0.39 is 11.7 Å². The Morgan fingerprint density at radius 3 is 2.77 bits per heavy atom. The fourth-order valence-corrected chi connectivity index (χ4v) is 3.34. The van der Waals surface area contributed by atoms with Crippen molar-refractivity contribution < 1.29 is 14.0 Å². The molecule has 0 saturated carbocycles. The molecule has 2 aromatic rings. The van der Waals surface area contributed by atoms with E-state index in [1.165, 1.54) is 6.07 Å². The zero-order valence-corrected chi connectivity index (χ0v) is 15.2.